The number of rotatable bonds is 4. The van der Waals surface area contributed by atoms with Crippen molar-refractivity contribution in [3.05, 3.63) is 75.9 Å². The highest BCUT2D eigenvalue weighted by atomic mass is 32.1. The highest BCUT2D eigenvalue weighted by Crippen LogP contribution is 2.32. The van der Waals surface area contributed by atoms with Crippen LogP contribution < -0.4 is 5.32 Å². The molecular formula is C24H27N3O2S. The number of amides is 2. The molecule has 0 radical (unpaired) electrons. The molecule has 1 aromatic carbocycles. The Morgan fingerprint density at radius 2 is 1.67 bits per heavy atom. The van der Waals surface area contributed by atoms with Crippen LogP contribution in [0.1, 0.15) is 49.6 Å². The van der Waals surface area contributed by atoms with Crippen molar-refractivity contribution in [2.24, 2.45) is 0 Å². The van der Waals surface area contributed by atoms with Crippen molar-refractivity contribution in [2.75, 3.05) is 13.1 Å². The lowest BCUT2D eigenvalue weighted by Crippen LogP contribution is -2.46. The average molecular weight is 422 g/mol. The van der Waals surface area contributed by atoms with Gasteiger partial charge < -0.3 is 14.8 Å². The van der Waals surface area contributed by atoms with Crippen LogP contribution in [-0.2, 0) is 0 Å². The lowest BCUT2D eigenvalue weighted by Gasteiger charge is -2.32. The number of likely N-dealkylation sites (tertiary alicyclic amines) is 1. The minimum atomic E-state index is -0.0305. The van der Waals surface area contributed by atoms with Gasteiger partial charge in [-0.25, -0.2) is 0 Å². The largest absolute Gasteiger partial charge is 0.349 e. The summed E-state index contributed by atoms with van der Waals surface area (Å²) >= 11 is 1.66. The number of aromatic nitrogens is 1. The van der Waals surface area contributed by atoms with Crippen molar-refractivity contribution in [1.82, 2.24) is 14.8 Å². The van der Waals surface area contributed by atoms with Crippen molar-refractivity contribution in [3.63, 3.8) is 0 Å². The van der Waals surface area contributed by atoms with E-state index < -0.39 is 0 Å². The van der Waals surface area contributed by atoms with E-state index in [1.807, 2.05) is 72.1 Å². The van der Waals surface area contributed by atoms with Gasteiger partial charge in [0.2, 0.25) is 0 Å². The van der Waals surface area contributed by atoms with Gasteiger partial charge in [-0.05, 0) is 62.9 Å². The fraction of sp³-hybridized carbons (Fsp3) is 0.333. The lowest BCUT2D eigenvalue weighted by molar-refractivity contribution is 0.0698. The van der Waals surface area contributed by atoms with E-state index in [9.17, 15) is 9.59 Å². The Labute approximate surface area is 181 Å². The van der Waals surface area contributed by atoms with Gasteiger partial charge in [0.25, 0.3) is 11.8 Å². The van der Waals surface area contributed by atoms with Crippen LogP contribution in [0.5, 0.6) is 0 Å². The van der Waals surface area contributed by atoms with Gasteiger partial charge in [0.1, 0.15) is 5.00 Å². The molecule has 0 aliphatic carbocycles. The van der Waals surface area contributed by atoms with E-state index in [0.29, 0.717) is 13.1 Å². The molecule has 1 fully saturated rings. The summed E-state index contributed by atoms with van der Waals surface area (Å²) in [6, 6.07) is 11.7. The molecule has 0 bridgehead atoms. The molecule has 4 rings (SSSR count). The predicted octanol–water partition coefficient (Wildman–Crippen LogP) is 4.50. The van der Waals surface area contributed by atoms with Gasteiger partial charge in [0, 0.05) is 42.0 Å². The van der Waals surface area contributed by atoms with Crippen LogP contribution in [0.4, 0.5) is 0 Å². The number of thiophene rings is 1. The van der Waals surface area contributed by atoms with Gasteiger partial charge in [-0.2, -0.15) is 0 Å². The van der Waals surface area contributed by atoms with Crippen molar-refractivity contribution < 1.29 is 9.59 Å². The summed E-state index contributed by atoms with van der Waals surface area (Å²) in [5.41, 5.74) is 3.56. The topological polar surface area (TPSA) is 54.3 Å². The first kappa shape index (κ1) is 20.4. The summed E-state index contributed by atoms with van der Waals surface area (Å²) < 4.78 is 2.02. The van der Waals surface area contributed by atoms with Crippen LogP contribution in [0.25, 0.3) is 5.00 Å². The second kappa shape index (κ2) is 8.48. The van der Waals surface area contributed by atoms with Gasteiger partial charge in [-0.1, -0.05) is 18.2 Å². The number of piperidine rings is 1. The Morgan fingerprint density at radius 1 is 1.00 bits per heavy atom. The number of carbonyl (C=O) groups excluding carboxylic acids is 2. The molecule has 30 heavy (non-hydrogen) atoms. The minimum absolute atomic E-state index is 0.0305. The molecule has 0 unspecified atom stereocenters. The molecule has 1 saturated heterocycles. The number of hydrogen-bond acceptors (Lipinski definition) is 3. The maximum atomic E-state index is 13.4. The number of hydrogen-bond donors (Lipinski definition) is 1. The molecule has 2 aromatic heterocycles. The first-order chi connectivity index (χ1) is 14.5. The van der Waals surface area contributed by atoms with Crippen LogP contribution in [-0.4, -0.2) is 40.4 Å². The maximum absolute atomic E-state index is 13.4. The van der Waals surface area contributed by atoms with Gasteiger partial charge in [0.15, 0.2) is 0 Å². The van der Waals surface area contributed by atoms with Crippen LogP contribution in [0.15, 0.2) is 48.8 Å². The van der Waals surface area contributed by atoms with E-state index in [1.165, 1.54) is 4.88 Å². The number of aryl methyl sites for hydroxylation is 2. The van der Waals surface area contributed by atoms with Gasteiger partial charge in [-0.3, -0.25) is 9.59 Å². The molecule has 3 aromatic rings. The molecule has 1 aliphatic rings. The first-order valence-corrected chi connectivity index (χ1v) is 11.2. The first-order valence-electron chi connectivity index (χ1n) is 10.3. The molecule has 6 heteroatoms. The van der Waals surface area contributed by atoms with E-state index in [1.54, 1.807) is 11.3 Å². The number of nitrogens with one attached hydrogen (secondary N) is 1. The molecule has 0 saturated carbocycles. The smallest absolute Gasteiger partial charge is 0.257 e. The second-order valence-electron chi connectivity index (χ2n) is 7.91. The van der Waals surface area contributed by atoms with Crippen molar-refractivity contribution >= 4 is 23.2 Å². The second-order valence-corrected chi connectivity index (χ2v) is 9.11. The Morgan fingerprint density at radius 3 is 2.33 bits per heavy atom. The molecule has 1 aliphatic heterocycles. The zero-order valence-corrected chi connectivity index (χ0v) is 18.5. The highest BCUT2D eigenvalue weighted by molar-refractivity contribution is 7.15. The van der Waals surface area contributed by atoms with Crippen LogP contribution in [0.2, 0.25) is 0 Å². The Balaban J connectivity index is 1.43. The Kier molecular flexibility index (Phi) is 5.77. The third-order valence-electron chi connectivity index (χ3n) is 5.93. The zero-order valence-electron chi connectivity index (χ0n) is 17.6. The molecular weight excluding hydrogens is 394 g/mol. The highest BCUT2D eigenvalue weighted by Gasteiger charge is 2.29. The quantitative estimate of drug-likeness (QED) is 0.674. The van der Waals surface area contributed by atoms with E-state index in [0.717, 1.165) is 40.1 Å². The number of benzene rings is 1. The molecule has 0 atom stereocenters. The normalized spacial score (nSPS) is 14.7. The third kappa shape index (κ3) is 3.92. The fourth-order valence-corrected chi connectivity index (χ4v) is 5.10. The molecule has 2 amide bonds. The molecule has 1 N–H and O–H groups in total. The van der Waals surface area contributed by atoms with Crippen molar-refractivity contribution in [3.8, 4) is 5.00 Å². The summed E-state index contributed by atoms with van der Waals surface area (Å²) in [4.78, 5) is 29.1. The van der Waals surface area contributed by atoms with Gasteiger partial charge >= 0.3 is 0 Å². The van der Waals surface area contributed by atoms with Crippen LogP contribution in [0, 0.1) is 20.8 Å². The monoisotopic (exact) mass is 421 g/mol. The van der Waals surface area contributed by atoms with E-state index in [2.05, 4.69) is 12.2 Å². The summed E-state index contributed by atoms with van der Waals surface area (Å²) in [5, 5.41) is 4.13. The Hall–Kier alpha value is -2.86. The predicted molar refractivity (Wildman–Crippen MR) is 121 cm³/mol. The van der Waals surface area contributed by atoms with Crippen molar-refractivity contribution in [1.29, 1.82) is 0 Å². The van der Waals surface area contributed by atoms with E-state index in [-0.39, 0.29) is 17.9 Å². The van der Waals surface area contributed by atoms with E-state index >= 15 is 0 Å². The molecule has 156 valence electrons. The standard InChI is InChI=1S/C24H27N3O2S/c1-16-8-4-5-9-20(16)22(28)25-19-10-14-26(15-11-19)23(29)21-17(2)18(3)30-24(21)27-12-6-7-13-27/h4-9,12-13,19H,10-11,14-15H2,1-3H3,(H,25,28). The molecule has 5 nitrogen and oxygen atoms in total. The number of nitrogens with zero attached hydrogens (tertiary/aromatic N) is 2. The zero-order chi connectivity index (χ0) is 21.3. The SMILES string of the molecule is Cc1ccccc1C(=O)NC1CCN(C(=O)c2c(-n3cccc3)sc(C)c2C)CC1. The molecule has 0 spiro atoms. The Bertz CT molecular complexity index is 1060. The minimum Gasteiger partial charge on any atom is -0.349 e. The number of carbonyl (C=O) groups is 2. The van der Waals surface area contributed by atoms with E-state index in [4.69, 9.17) is 0 Å². The average Bonchev–Trinajstić information content (AvgIpc) is 3.37. The fourth-order valence-electron chi connectivity index (χ4n) is 3.99. The summed E-state index contributed by atoms with van der Waals surface area (Å²) in [7, 11) is 0. The van der Waals surface area contributed by atoms with Crippen LogP contribution >= 0.6 is 11.3 Å². The summed E-state index contributed by atoms with van der Waals surface area (Å²) in [6.07, 6.45) is 5.50. The summed E-state index contributed by atoms with van der Waals surface area (Å²) in [6.45, 7) is 7.34. The third-order valence-corrected chi connectivity index (χ3v) is 7.15. The van der Waals surface area contributed by atoms with Gasteiger partial charge in [0.05, 0.1) is 5.56 Å². The van der Waals surface area contributed by atoms with Gasteiger partial charge in [-0.15, -0.1) is 11.3 Å². The molecule has 3 heterocycles. The maximum Gasteiger partial charge on any atom is 0.257 e. The lowest BCUT2D eigenvalue weighted by atomic mass is 10.0. The summed E-state index contributed by atoms with van der Waals surface area (Å²) in [5.74, 6) is 0.0568. The van der Waals surface area contributed by atoms with Crippen molar-refractivity contribution in [2.45, 2.75) is 39.7 Å². The van der Waals surface area contributed by atoms with Crippen LogP contribution in [0.3, 0.4) is 0 Å².